The molecule has 2 unspecified atom stereocenters. The molecule has 0 radical (unpaired) electrons. The van der Waals surface area contributed by atoms with Crippen molar-refractivity contribution >= 4 is 28.5 Å². The number of carbonyl (C=O) groups is 1. The number of nitrogens with zero attached hydrogens (tertiary/aromatic N) is 4. The quantitative estimate of drug-likeness (QED) is 0.349. The fraction of sp³-hybridized carbons (Fsp3) is 0.267. The van der Waals surface area contributed by atoms with Crippen molar-refractivity contribution in [2.75, 3.05) is 17.3 Å². The molecule has 37 heavy (non-hydrogen) atoms. The summed E-state index contributed by atoms with van der Waals surface area (Å²) < 4.78 is 0. The summed E-state index contributed by atoms with van der Waals surface area (Å²) in [5.41, 5.74) is 6.92. The normalized spacial score (nSPS) is 17.2. The van der Waals surface area contributed by atoms with Crippen LogP contribution in [0.1, 0.15) is 64.1 Å². The number of aryl methyl sites for hydroxylation is 1. The Labute approximate surface area is 216 Å². The third kappa shape index (κ3) is 4.36. The molecule has 3 atom stereocenters. The van der Waals surface area contributed by atoms with Gasteiger partial charge in [0.15, 0.2) is 11.5 Å². The summed E-state index contributed by atoms with van der Waals surface area (Å²) in [7, 11) is 1.99. The van der Waals surface area contributed by atoms with E-state index in [2.05, 4.69) is 47.5 Å². The Morgan fingerprint density at radius 2 is 1.89 bits per heavy atom. The highest BCUT2D eigenvalue weighted by Gasteiger charge is 2.33. The number of hydrogen-bond donors (Lipinski definition) is 2. The standard InChI is InChI=1S/C30H29N5O2/c1-17-13-23(19(3)32-24-12-8-7-11-22(24)30(36)37)28-25(14-17)33-26(16-31)29(34-28)35(4)27-15-20-9-5-6-10-21(20)18(27)2/h5-14,18-19,27,32H,15H2,1-4H3,(H,36,37)/t18?,19-,27?/m1/s1. The molecule has 7 heteroatoms. The topological polar surface area (TPSA) is 102 Å². The minimum absolute atomic E-state index is 0.156. The van der Waals surface area contributed by atoms with Crippen molar-refractivity contribution in [1.82, 2.24) is 9.97 Å². The Balaban J connectivity index is 1.57. The molecule has 7 nitrogen and oxygen atoms in total. The van der Waals surface area contributed by atoms with Crippen LogP contribution in [0.5, 0.6) is 0 Å². The molecule has 1 aromatic heterocycles. The number of nitriles is 1. The van der Waals surface area contributed by atoms with Gasteiger partial charge in [-0.3, -0.25) is 0 Å². The average molecular weight is 492 g/mol. The molecule has 3 aromatic carbocycles. The second-order valence-electron chi connectivity index (χ2n) is 9.82. The Morgan fingerprint density at radius 1 is 1.16 bits per heavy atom. The maximum Gasteiger partial charge on any atom is 0.337 e. The van der Waals surface area contributed by atoms with Crippen LogP contribution in [0.15, 0.2) is 60.7 Å². The number of likely N-dealkylation sites (N-methyl/N-ethyl adjacent to an activating group) is 1. The number of carboxylic acid groups (broad SMARTS) is 1. The van der Waals surface area contributed by atoms with E-state index in [9.17, 15) is 15.2 Å². The molecule has 186 valence electrons. The number of aromatic carboxylic acids is 1. The fourth-order valence-electron chi connectivity index (χ4n) is 5.48. The Hall–Kier alpha value is -4.44. The second kappa shape index (κ2) is 9.55. The highest BCUT2D eigenvalue weighted by Crippen LogP contribution is 2.38. The monoisotopic (exact) mass is 491 g/mol. The minimum Gasteiger partial charge on any atom is -0.478 e. The van der Waals surface area contributed by atoms with Crippen LogP contribution in [0.2, 0.25) is 0 Å². The molecule has 0 bridgehead atoms. The van der Waals surface area contributed by atoms with Gasteiger partial charge in [-0.1, -0.05) is 49.4 Å². The van der Waals surface area contributed by atoms with E-state index in [1.54, 1.807) is 18.2 Å². The number of nitrogens with one attached hydrogen (secondary N) is 1. The number of rotatable bonds is 6. The van der Waals surface area contributed by atoms with Gasteiger partial charge in [-0.2, -0.15) is 5.26 Å². The Kier molecular flexibility index (Phi) is 6.26. The summed E-state index contributed by atoms with van der Waals surface area (Å²) in [5, 5.41) is 23.0. The van der Waals surface area contributed by atoms with E-state index in [4.69, 9.17) is 9.97 Å². The molecule has 4 aromatic rings. The van der Waals surface area contributed by atoms with Crippen molar-refractivity contribution in [3.8, 4) is 6.07 Å². The smallest absolute Gasteiger partial charge is 0.337 e. The summed E-state index contributed by atoms with van der Waals surface area (Å²) in [6, 6.07) is 21.5. The second-order valence-corrected chi connectivity index (χ2v) is 9.82. The fourth-order valence-corrected chi connectivity index (χ4v) is 5.48. The minimum atomic E-state index is -0.988. The van der Waals surface area contributed by atoms with E-state index in [1.165, 1.54) is 11.1 Å². The molecule has 1 heterocycles. The average Bonchev–Trinajstić information content (AvgIpc) is 3.23. The van der Waals surface area contributed by atoms with Crippen LogP contribution in [0.25, 0.3) is 11.0 Å². The highest BCUT2D eigenvalue weighted by atomic mass is 16.4. The van der Waals surface area contributed by atoms with E-state index in [1.807, 2.05) is 39.1 Å². The van der Waals surface area contributed by atoms with E-state index in [-0.39, 0.29) is 23.6 Å². The molecule has 0 saturated heterocycles. The van der Waals surface area contributed by atoms with Crippen molar-refractivity contribution in [1.29, 1.82) is 5.26 Å². The number of para-hydroxylation sites is 1. The molecular formula is C30H29N5O2. The van der Waals surface area contributed by atoms with Crippen LogP contribution in [0.4, 0.5) is 11.5 Å². The molecule has 0 spiro atoms. The van der Waals surface area contributed by atoms with Gasteiger partial charge in [-0.15, -0.1) is 0 Å². The number of carboxylic acids is 1. The predicted molar refractivity (Wildman–Crippen MR) is 145 cm³/mol. The number of aromatic nitrogens is 2. The summed E-state index contributed by atoms with van der Waals surface area (Å²) in [5.74, 6) is -0.142. The molecule has 0 amide bonds. The third-order valence-corrected chi connectivity index (χ3v) is 7.41. The number of fused-ring (bicyclic) bond motifs is 2. The lowest BCUT2D eigenvalue weighted by Gasteiger charge is -2.30. The molecule has 5 rings (SSSR count). The van der Waals surface area contributed by atoms with Gasteiger partial charge in [0.2, 0.25) is 0 Å². The number of hydrogen-bond acceptors (Lipinski definition) is 6. The van der Waals surface area contributed by atoms with Crippen molar-refractivity contribution in [2.45, 2.75) is 45.2 Å². The lowest BCUT2D eigenvalue weighted by molar-refractivity contribution is 0.0698. The molecule has 1 aliphatic rings. The van der Waals surface area contributed by atoms with Crippen molar-refractivity contribution < 1.29 is 9.90 Å². The molecule has 0 aliphatic heterocycles. The first-order valence-electron chi connectivity index (χ1n) is 12.4. The van der Waals surface area contributed by atoms with Crippen LogP contribution in [-0.2, 0) is 6.42 Å². The molecular weight excluding hydrogens is 462 g/mol. The first-order valence-corrected chi connectivity index (χ1v) is 12.4. The highest BCUT2D eigenvalue weighted by molar-refractivity contribution is 5.94. The van der Waals surface area contributed by atoms with Gasteiger partial charge in [-0.05, 0) is 55.2 Å². The molecule has 1 aliphatic carbocycles. The van der Waals surface area contributed by atoms with E-state index < -0.39 is 5.97 Å². The summed E-state index contributed by atoms with van der Waals surface area (Å²) in [6.07, 6.45) is 0.878. The van der Waals surface area contributed by atoms with Gasteiger partial charge in [0.1, 0.15) is 6.07 Å². The SMILES string of the molecule is Cc1cc([C@@H](C)Nc2ccccc2C(=O)O)c2nc(N(C)C3Cc4ccccc4C3C)c(C#N)nc2c1. The number of benzene rings is 3. The van der Waals surface area contributed by atoms with Gasteiger partial charge < -0.3 is 15.3 Å². The third-order valence-electron chi connectivity index (χ3n) is 7.41. The van der Waals surface area contributed by atoms with Gasteiger partial charge in [0.05, 0.1) is 22.6 Å². The van der Waals surface area contributed by atoms with Crippen molar-refractivity contribution in [3.05, 3.63) is 94.2 Å². The summed E-state index contributed by atoms with van der Waals surface area (Å²) in [4.78, 5) is 23.6. The number of anilines is 2. The molecule has 0 fully saturated rings. The van der Waals surface area contributed by atoms with Crippen LogP contribution in [-0.4, -0.2) is 34.1 Å². The van der Waals surface area contributed by atoms with Crippen LogP contribution < -0.4 is 10.2 Å². The van der Waals surface area contributed by atoms with Crippen molar-refractivity contribution in [3.63, 3.8) is 0 Å². The predicted octanol–water partition coefficient (Wildman–Crippen LogP) is 5.85. The Morgan fingerprint density at radius 3 is 2.62 bits per heavy atom. The summed E-state index contributed by atoms with van der Waals surface area (Å²) in [6.45, 7) is 6.17. The first kappa shape index (κ1) is 24.3. The summed E-state index contributed by atoms with van der Waals surface area (Å²) >= 11 is 0. The largest absolute Gasteiger partial charge is 0.478 e. The molecule has 0 saturated carbocycles. The van der Waals surface area contributed by atoms with Crippen LogP contribution in [0.3, 0.4) is 0 Å². The van der Waals surface area contributed by atoms with Crippen molar-refractivity contribution in [2.24, 2.45) is 0 Å². The maximum absolute atomic E-state index is 11.7. The zero-order valence-electron chi connectivity index (χ0n) is 21.4. The van der Waals surface area contributed by atoms with Gasteiger partial charge in [0, 0.05) is 30.3 Å². The Bertz CT molecular complexity index is 1560. The van der Waals surface area contributed by atoms with Gasteiger partial charge in [-0.25, -0.2) is 14.8 Å². The van der Waals surface area contributed by atoms with Crippen LogP contribution in [0, 0.1) is 18.3 Å². The van der Waals surface area contributed by atoms with E-state index in [0.717, 1.165) is 17.5 Å². The molecule has 2 N–H and O–H groups in total. The van der Waals surface area contributed by atoms with E-state index >= 15 is 0 Å². The van der Waals surface area contributed by atoms with E-state index in [0.29, 0.717) is 28.2 Å². The zero-order chi connectivity index (χ0) is 26.3. The lowest BCUT2D eigenvalue weighted by Crippen LogP contribution is -2.35. The van der Waals surface area contributed by atoms with Gasteiger partial charge in [0.25, 0.3) is 0 Å². The maximum atomic E-state index is 11.7. The zero-order valence-corrected chi connectivity index (χ0v) is 21.4. The lowest BCUT2D eigenvalue weighted by atomic mass is 9.99. The van der Waals surface area contributed by atoms with Gasteiger partial charge >= 0.3 is 5.97 Å². The first-order chi connectivity index (χ1) is 17.8. The van der Waals surface area contributed by atoms with Crippen LogP contribution >= 0.6 is 0 Å².